The number of carbonyl (C=O) groups is 1. The zero-order chi connectivity index (χ0) is 14.5. The normalized spacial score (nSPS) is 10.8. The molecule has 0 aliphatic rings. The van der Waals surface area contributed by atoms with Crippen molar-refractivity contribution < 1.29 is 13.6 Å². The van der Waals surface area contributed by atoms with E-state index in [1.165, 1.54) is 12.1 Å². The second-order valence-corrected chi connectivity index (χ2v) is 4.44. The van der Waals surface area contributed by atoms with Gasteiger partial charge < -0.3 is 5.32 Å². The molecule has 0 atom stereocenters. The quantitative estimate of drug-likeness (QED) is 0.841. The van der Waals surface area contributed by atoms with E-state index in [0.717, 1.165) is 17.7 Å². The molecule has 2 aromatic rings. The number of anilines is 1. The van der Waals surface area contributed by atoms with Crippen molar-refractivity contribution in [2.24, 2.45) is 0 Å². The van der Waals surface area contributed by atoms with Crippen LogP contribution in [-0.4, -0.2) is 5.91 Å². The Morgan fingerprint density at radius 2 is 1.75 bits per heavy atom. The molecule has 0 aromatic heterocycles. The highest BCUT2D eigenvalue weighted by atomic mass is 35.5. The lowest BCUT2D eigenvalue weighted by atomic mass is 10.2. The molecular weight excluding hydrogens is 284 g/mol. The Labute approximate surface area is 119 Å². The lowest BCUT2D eigenvalue weighted by molar-refractivity contribution is -0.111. The van der Waals surface area contributed by atoms with Crippen LogP contribution >= 0.6 is 11.6 Å². The average Bonchev–Trinajstić information content (AvgIpc) is 2.42. The van der Waals surface area contributed by atoms with Gasteiger partial charge in [0.15, 0.2) is 11.6 Å². The van der Waals surface area contributed by atoms with Gasteiger partial charge in [-0.2, -0.15) is 0 Å². The number of rotatable bonds is 3. The van der Waals surface area contributed by atoms with Crippen molar-refractivity contribution in [2.45, 2.75) is 0 Å². The van der Waals surface area contributed by atoms with Crippen LogP contribution in [0.1, 0.15) is 5.56 Å². The molecule has 102 valence electrons. The van der Waals surface area contributed by atoms with Crippen LogP contribution in [-0.2, 0) is 4.79 Å². The van der Waals surface area contributed by atoms with E-state index in [2.05, 4.69) is 5.32 Å². The molecule has 2 aromatic carbocycles. The van der Waals surface area contributed by atoms with Gasteiger partial charge in [0.2, 0.25) is 5.91 Å². The maximum atomic E-state index is 13.0. The smallest absolute Gasteiger partial charge is 0.248 e. The molecule has 20 heavy (non-hydrogen) atoms. The summed E-state index contributed by atoms with van der Waals surface area (Å²) in [6.45, 7) is 0. The topological polar surface area (TPSA) is 29.1 Å². The van der Waals surface area contributed by atoms with Crippen molar-refractivity contribution in [3.05, 3.63) is 70.8 Å². The fraction of sp³-hybridized carbons (Fsp3) is 0. The summed E-state index contributed by atoms with van der Waals surface area (Å²) in [4.78, 5) is 11.6. The summed E-state index contributed by atoms with van der Waals surface area (Å²) in [5, 5.41) is 3.04. The minimum Gasteiger partial charge on any atom is -0.322 e. The van der Waals surface area contributed by atoms with Gasteiger partial charge in [0.05, 0.1) is 0 Å². The second-order valence-electron chi connectivity index (χ2n) is 4.00. The largest absolute Gasteiger partial charge is 0.322 e. The van der Waals surface area contributed by atoms with E-state index in [1.54, 1.807) is 30.3 Å². The van der Waals surface area contributed by atoms with Gasteiger partial charge in [0.25, 0.3) is 0 Å². The first-order valence-electron chi connectivity index (χ1n) is 5.74. The van der Waals surface area contributed by atoms with Crippen molar-refractivity contribution in [3.8, 4) is 0 Å². The number of amides is 1. The molecule has 5 heteroatoms. The summed E-state index contributed by atoms with van der Waals surface area (Å²) in [6, 6.07) is 10.1. The molecule has 0 aliphatic carbocycles. The van der Waals surface area contributed by atoms with E-state index in [4.69, 9.17) is 11.6 Å². The van der Waals surface area contributed by atoms with E-state index in [9.17, 15) is 13.6 Å². The molecule has 0 unspecified atom stereocenters. The molecule has 0 fully saturated rings. The van der Waals surface area contributed by atoms with Crippen molar-refractivity contribution in [1.29, 1.82) is 0 Å². The maximum Gasteiger partial charge on any atom is 0.248 e. The Balaban J connectivity index is 2.01. The standard InChI is InChI=1S/C15H10ClF2NO/c16-11-4-1-10(2-5-11)3-8-15(20)19-12-6-7-13(17)14(18)9-12/h1-9H,(H,19,20). The predicted molar refractivity (Wildman–Crippen MR) is 75.5 cm³/mol. The highest BCUT2D eigenvalue weighted by Crippen LogP contribution is 2.14. The molecular formula is C15H10ClF2NO. The van der Waals surface area contributed by atoms with Crippen molar-refractivity contribution in [2.75, 3.05) is 5.32 Å². The highest BCUT2D eigenvalue weighted by molar-refractivity contribution is 6.30. The number of nitrogens with one attached hydrogen (secondary N) is 1. The summed E-state index contributed by atoms with van der Waals surface area (Å²) < 4.78 is 25.7. The molecule has 0 heterocycles. The van der Waals surface area contributed by atoms with E-state index in [0.29, 0.717) is 5.02 Å². The zero-order valence-electron chi connectivity index (χ0n) is 10.2. The van der Waals surface area contributed by atoms with Crippen LogP contribution in [0.3, 0.4) is 0 Å². The van der Waals surface area contributed by atoms with Gasteiger partial charge in [0, 0.05) is 22.9 Å². The maximum absolute atomic E-state index is 13.0. The minimum atomic E-state index is -1.01. The Morgan fingerprint density at radius 1 is 1.05 bits per heavy atom. The SMILES string of the molecule is O=C(C=Cc1ccc(Cl)cc1)Nc1ccc(F)c(F)c1. The average molecular weight is 294 g/mol. The van der Waals surface area contributed by atoms with Crippen LogP contribution in [0.25, 0.3) is 6.08 Å². The Bertz CT molecular complexity index is 653. The number of benzene rings is 2. The first-order chi connectivity index (χ1) is 9.54. The van der Waals surface area contributed by atoms with Gasteiger partial charge in [-0.05, 0) is 35.9 Å². The van der Waals surface area contributed by atoms with Gasteiger partial charge >= 0.3 is 0 Å². The first kappa shape index (κ1) is 14.2. The lowest BCUT2D eigenvalue weighted by Crippen LogP contribution is -2.08. The van der Waals surface area contributed by atoms with E-state index in [-0.39, 0.29) is 5.69 Å². The second kappa shape index (κ2) is 6.30. The van der Waals surface area contributed by atoms with Crippen molar-refractivity contribution >= 4 is 29.3 Å². The summed E-state index contributed by atoms with van der Waals surface area (Å²) in [5.41, 5.74) is 0.990. The fourth-order valence-corrected chi connectivity index (χ4v) is 1.63. The summed E-state index contributed by atoms with van der Waals surface area (Å²) in [7, 11) is 0. The van der Waals surface area contributed by atoms with Gasteiger partial charge in [-0.3, -0.25) is 4.79 Å². The molecule has 1 N–H and O–H groups in total. The predicted octanol–water partition coefficient (Wildman–Crippen LogP) is 4.27. The number of carbonyl (C=O) groups excluding carboxylic acids is 1. The third kappa shape index (κ3) is 3.90. The summed E-state index contributed by atoms with van der Waals surface area (Å²) in [6.07, 6.45) is 2.88. The van der Waals surface area contributed by atoms with Gasteiger partial charge in [-0.25, -0.2) is 8.78 Å². The first-order valence-corrected chi connectivity index (χ1v) is 6.12. The molecule has 0 saturated carbocycles. The van der Waals surface area contributed by atoms with Crippen LogP contribution in [0, 0.1) is 11.6 Å². The molecule has 0 bridgehead atoms. The molecule has 2 rings (SSSR count). The molecule has 2 nitrogen and oxygen atoms in total. The third-order valence-corrected chi connectivity index (χ3v) is 2.74. The van der Waals surface area contributed by atoms with Crippen LogP contribution in [0.15, 0.2) is 48.5 Å². The van der Waals surface area contributed by atoms with Gasteiger partial charge in [-0.15, -0.1) is 0 Å². The van der Waals surface area contributed by atoms with Crippen LogP contribution < -0.4 is 5.32 Å². The van der Waals surface area contributed by atoms with Crippen LogP contribution in [0.2, 0.25) is 5.02 Å². The molecule has 0 radical (unpaired) electrons. The van der Waals surface area contributed by atoms with E-state index < -0.39 is 17.5 Å². The number of halogens is 3. The molecule has 0 spiro atoms. The van der Waals surface area contributed by atoms with Crippen LogP contribution in [0.4, 0.5) is 14.5 Å². The monoisotopic (exact) mass is 293 g/mol. The molecule has 0 aliphatic heterocycles. The van der Waals surface area contributed by atoms with E-state index in [1.807, 2.05) is 0 Å². The van der Waals surface area contributed by atoms with Gasteiger partial charge in [-0.1, -0.05) is 23.7 Å². The lowest BCUT2D eigenvalue weighted by Gasteiger charge is -2.02. The van der Waals surface area contributed by atoms with Crippen molar-refractivity contribution in [1.82, 2.24) is 0 Å². The third-order valence-electron chi connectivity index (χ3n) is 2.48. The van der Waals surface area contributed by atoms with E-state index >= 15 is 0 Å². The number of hydrogen-bond acceptors (Lipinski definition) is 1. The Kier molecular flexibility index (Phi) is 4.48. The fourth-order valence-electron chi connectivity index (χ4n) is 1.50. The summed E-state index contributed by atoms with van der Waals surface area (Å²) in [5.74, 6) is -2.41. The Hall–Kier alpha value is -2.20. The molecule has 1 amide bonds. The Morgan fingerprint density at radius 3 is 2.40 bits per heavy atom. The van der Waals surface area contributed by atoms with Crippen molar-refractivity contribution in [3.63, 3.8) is 0 Å². The zero-order valence-corrected chi connectivity index (χ0v) is 11.0. The minimum absolute atomic E-state index is 0.189. The molecule has 0 saturated heterocycles. The van der Waals surface area contributed by atoms with Crippen LogP contribution in [0.5, 0.6) is 0 Å². The van der Waals surface area contributed by atoms with Gasteiger partial charge in [0.1, 0.15) is 0 Å². The summed E-state index contributed by atoms with van der Waals surface area (Å²) >= 11 is 5.74. The number of hydrogen-bond donors (Lipinski definition) is 1. The highest BCUT2D eigenvalue weighted by Gasteiger charge is 2.04.